The third-order valence-electron chi connectivity index (χ3n) is 3.25. The van der Waals surface area contributed by atoms with Gasteiger partial charge in [0.15, 0.2) is 5.76 Å². The van der Waals surface area contributed by atoms with Crippen LogP contribution in [0.2, 0.25) is 15.2 Å². The highest BCUT2D eigenvalue weighted by Gasteiger charge is 2.17. The normalized spacial score (nSPS) is 10.4. The highest BCUT2D eigenvalue weighted by atomic mass is 35.5. The van der Waals surface area contributed by atoms with Crippen molar-refractivity contribution in [2.45, 2.75) is 0 Å². The van der Waals surface area contributed by atoms with Gasteiger partial charge in [-0.2, -0.15) is 0 Å². The number of carbonyl (C=O) groups excluding carboxylic acids is 2. The molecule has 2 amide bonds. The van der Waals surface area contributed by atoms with Gasteiger partial charge in [-0.05, 0) is 42.5 Å². The van der Waals surface area contributed by atoms with Gasteiger partial charge in [0.25, 0.3) is 11.8 Å². The SMILES string of the molecule is O=C(Nc1cc(Cl)ccc1NC(=O)c1nc(Cl)ccc1Cl)c1ccco1. The summed E-state index contributed by atoms with van der Waals surface area (Å²) < 4.78 is 5.04. The van der Waals surface area contributed by atoms with E-state index in [1.54, 1.807) is 12.1 Å². The number of anilines is 2. The van der Waals surface area contributed by atoms with Gasteiger partial charge >= 0.3 is 0 Å². The minimum absolute atomic E-state index is 0.0440. The second-order valence-electron chi connectivity index (χ2n) is 5.04. The lowest BCUT2D eigenvalue weighted by molar-refractivity contribution is 0.0992. The van der Waals surface area contributed by atoms with E-state index in [0.717, 1.165) is 0 Å². The molecule has 0 spiro atoms. The summed E-state index contributed by atoms with van der Waals surface area (Å²) in [5.74, 6) is -0.971. The number of benzene rings is 1. The van der Waals surface area contributed by atoms with Crippen LogP contribution in [-0.4, -0.2) is 16.8 Å². The number of hydrogen-bond acceptors (Lipinski definition) is 4. The van der Waals surface area contributed by atoms with Gasteiger partial charge in [0.2, 0.25) is 0 Å². The zero-order valence-electron chi connectivity index (χ0n) is 12.9. The van der Waals surface area contributed by atoms with Gasteiger partial charge in [-0.25, -0.2) is 4.98 Å². The Balaban J connectivity index is 1.87. The molecule has 2 heterocycles. The quantitative estimate of drug-likeness (QED) is 0.583. The molecule has 0 fully saturated rings. The molecule has 3 rings (SSSR count). The molecule has 0 aliphatic carbocycles. The predicted molar refractivity (Wildman–Crippen MR) is 100 cm³/mol. The molecule has 132 valence electrons. The Morgan fingerprint density at radius 3 is 2.42 bits per heavy atom. The van der Waals surface area contributed by atoms with Crippen molar-refractivity contribution in [3.8, 4) is 0 Å². The number of halogens is 3. The predicted octanol–water partition coefficient (Wildman–Crippen LogP) is 5.14. The first-order chi connectivity index (χ1) is 12.4. The monoisotopic (exact) mass is 409 g/mol. The summed E-state index contributed by atoms with van der Waals surface area (Å²) in [5.41, 5.74) is 0.542. The first-order valence-corrected chi connectivity index (χ1v) is 8.35. The van der Waals surface area contributed by atoms with Gasteiger partial charge in [0, 0.05) is 5.02 Å². The average Bonchev–Trinajstić information content (AvgIpc) is 3.14. The Hall–Kier alpha value is -2.54. The highest BCUT2D eigenvalue weighted by molar-refractivity contribution is 6.35. The van der Waals surface area contributed by atoms with Crippen LogP contribution in [0.25, 0.3) is 0 Å². The van der Waals surface area contributed by atoms with E-state index in [4.69, 9.17) is 39.2 Å². The molecule has 1 aromatic carbocycles. The van der Waals surface area contributed by atoms with Crippen LogP contribution in [0.15, 0.2) is 53.1 Å². The van der Waals surface area contributed by atoms with E-state index >= 15 is 0 Å². The molecule has 9 heteroatoms. The van der Waals surface area contributed by atoms with Crippen molar-refractivity contribution in [3.63, 3.8) is 0 Å². The van der Waals surface area contributed by atoms with E-state index in [2.05, 4.69) is 15.6 Å². The molecule has 26 heavy (non-hydrogen) atoms. The molecule has 2 N–H and O–H groups in total. The molecule has 0 unspecified atom stereocenters. The molecule has 0 radical (unpaired) electrons. The average molecular weight is 411 g/mol. The van der Waals surface area contributed by atoms with Crippen molar-refractivity contribution >= 4 is 58.0 Å². The summed E-state index contributed by atoms with van der Waals surface area (Å²) >= 11 is 17.8. The van der Waals surface area contributed by atoms with Crippen LogP contribution >= 0.6 is 34.8 Å². The zero-order chi connectivity index (χ0) is 18.7. The van der Waals surface area contributed by atoms with Gasteiger partial charge in [-0.3, -0.25) is 9.59 Å². The van der Waals surface area contributed by atoms with E-state index in [-0.39, 0.29) is 27.3 Å². The van der Waals surface area contributed by atoms with Gasteiger partial charge in [0.1, 0.15) is 10.8 Å². The topological polar surface area (TPSA) is 84.2 Å². The van der Waals surface area contributed by atoms with Crippen molar-refractivity contribution in [3.05, 3.63) is 75.4 Å². The van der Waals surface area contributed by atoms with Gasteiger partial charge in [0.05, 0.1) is 22.7 Å². The number of hydrogen-bond donors (Lipinski definition) is 2. The number of nitrogens with one attached hydrogen (secondary N) is 2. The fourth-order valence-electron chi connectivity index (χ4n) is 2.08. The van der Waals surface area contributed by atoms with Gasteiger partial charge < -0.3 is 15.1 Å². The molecule has 0 saturated heterocycles. The molecular weight excluding hydrogens is 401 g/mol. The van der Waals surface area contributed by atoms with Gasteiger partial charge in [-0.15, -0.1) is 0 Å². The summed E-state index contributed by atoms with van der Waals surface area (Å²) in [6, 6.07) is 10.6. The van der Waals surface area contributed by atoms with Crippen molar-refractivity contribution < 1.29 is 14.0 Å². The molecule has 0 atom stereocenters. The smallest absolute Gasteiger partial charge is 0.291 e. The first kappa shape index (κ1) is 18.3. The second kappa shape index (κ2) is 7.78. The van der Waals surface area contributed by atoms with E-state index in [1.165, 1.54) is 36.6 Å². The molecule has 0 aliphatic heterocycles. The number of amides is 2. The molecule has 3 aromatic rings. The van der Waals surface area contributed by atoms with Crippen LogP contribution in [0.1, 0.15) is 21.0 Å². The molecule has 2 aromatic heterocycles. The summed E-state index contributed by atoms with van der Waals surface area (Å²) in [5, 5.41) is 5.89. The largest absolute Gasteiger partial charge is 0.459 e. The maximum atomic E-state index is 12.5. The summed E-state index contributed by atoms with van der Waals surface area (Å²) in [7, 11) is 0. The van der Waals surface area contributed by atoms with E-state index < -0.39 is 11.8 Å². The van der Waals surface area contributed by atoms with Gasteiger partial charge in [-0.1, -0.05) is 34.8 Å². The third-order valence-corrected chi connectivity index (χ3v) is 4.00. The molecule has 6 nitrogen and oxygen atoms in total. The lowest BCUT2D eigenvalue weighted by atomic mass is 10.2. The number of pyridine rings is 1. The molecule has 0 saturated carbocycles. The van der Waals surface area contributed by atoms with Crippen LogP contribution in [-0.2, 0) is 0 Å². The molecular formula is C17H10Cl3N3O3. The van der Waals surface area contributed by atoms with Crippen LogP contribution in [0.5, 0.6) is 0 Å². The molecule has 0 bridgehead atoms. The number of rotatable bonds is 4. The lowest BCUT2D eigenvalue weighted by Crippen LogP contribution is -2.17. The van der Waals surface area contributed by atoms with Crippen LogP contribution in [0.3, 0.4) is 0 Å². The number of nitrogens with zero attached hydrogens (tertiary/aromatic N) is 1. The number of aromatic nitrogens is 1. The second-order valence-corrected chi connectivity index (χ2v) is 6.27. The number of carbonyl (C=O) groups is 2. The Morgan fingerprint density at radius 2 is 1.69 bits per heavy atom. The Kier molecular flexibility index (Phi) is 5.46. The minimum Gasteiger partial charge on any atom is -0.459 e. The Labute approximate surface area is 163 Å². The zero-order valence-corrected chi connectivity index (χ0v) is 15.2. The van der Waals surface area contributed by atoms with Crippen LogP contribution in [0, 0.1) is 0 Å². The standard InChI is InChI=1S/C17H10Cl3N3O3/c18-9-3-5-11(12(8-9)22-16(24)13-2-1-7-26-13)21-17(25)15-10(19)4-6-14(20)23-15/h1-8H,(H,21,25)(H,22,24). The fourth-order valence-corrected chi connectivity index (χ4v) is 2.59. The van der Waals surface area contributed by atoms with Crippen molar-refractivity contribution in [1.82, 2.24) is 4.98 Å². The summed E-state index contributed by atoms with van der Waals surface area (Å²) in [4.78, 5) is 28.6. The Morgan fingerprint density at radius 1 is 0.923 bits per heavy atom. The highest BCUT2D eigenvalue weighted by Crippen LogP contribution is 2.28. The third kappa shape index (κ3) is 4.16. The fraction of sp³-hybridized carbons (Fsp3) is 0. The summed E-state index contributed by atoms with van der Waals surface area (Å²) in [6.07, 6.45) is 1.38. The van der Waals surface area contributed by atoms with E-state index in [9.17, 15) is 9.59 Å². The first-order valence-electron chi connectivity index (χ1n) is 7.22. The van der Waals surface area contributed by atoms with E-state index in [1.807, 2.05) is 0 Å². The van der Waals surface area contributed by atoms with E-state index in [0.29, 0.717) is 10.7 Å². The van der Waals surface area contributed by atoms with Crippen molar-refractivity contribution in [2.24, 2.45) is 0 Å². The lowest BCUT2D eigenvalue weighted by Gasteiger charge is -2.12. The minimum atomic E-state index is -0.590. The summed E-state index contributed by atoms with van der Waals surface area (Å²) in [6.45, 7) is 0. The van der Waals surface area contributed by atoms with Crippen LogP contribution < -0.4 is 10.6 Å². The number of furan rings is 1. The van der Waals surface area contributed by atoms with Crippen molar-refractivity contribution in [2.75, 3.05) is 10.6 Å². The van der Waals surface area contributed by atoms with Crippen molar-refractivity contribution in [1.29, 1.82) is 0 Å². The maximum Gasteiger partial charge on any atom is 0.291 e. The maximum absolute atomic E-state index is 12.5. The van der Waals surface area contributed by atoms with Crippen LogP contribution in [0.4, 0.5) is 11.4 Å². The molecule has 0 aliphatic rings. The Bertz CT molecular complexity index is 975.